The zero-order chi connectivity index (χ0) is 13.9. The monoisotopic (exact) mass is 291 g/mol. The van der Waals surface area contributed by atoms with Crippen LogP contribution in [0.15, 0.2) is 35.7 Å². The van der Waals surface area contributed by atoms with E-state index in [2.05, 4.69) is 0 Å². The third-order valence-electron chi connectivity index (χ3n) is 3.45. The smallest absolute Gasteiger partial charge is 0.161 e. The zero-order valence-corrected chi connectivity index (χ0v) is 11.8. The lowest BCUT2D eigenvalue weighted by Crippen LogP contribution is -2.20. The number of thiophene rings is 1. The Bertz CT molecular complexity index is 571. The lowest BCUT2D eigenvalue weighted by Gasteiger charge is -2.23. The fraction of sp³-hybridized carbons (Fsp3) is 0.333. The average molecular weight is 291 g/mol. The Labute approximate surface area is 121 Å². The molecule has 0 aliphatic carbocycles. The number of nitrogens with two attached hydrogens (primary N) is 1. The van der Waals surface area contributed by atoms with E-state index in [-0.39, 0.29) is 5.92 Å². The first kappa shape index (κ1) is 13.4. The number of fused-ring (bicyclic) bond motifs is 1. The highest BCUT2D eigenvalue weighted by atomic mass is 32.1. The van der Waals surface area contributed by atoms with Crippen molar-refractivity contribution >= 4 is 11.3 Å². The largest absolute Gasteiger partial charge is 0.486 e. The minimum Gasteiger partial charge on any atom is -0.486 e. The summed E-state index contributed by atoms with van der Waals surface area (Å²) in [4.78, 5) is 1.09. The number of hydrogen-bond donors (Lipinski definition) is 2. The van der Waals surface area contributed by atoms with Crippen molar-refractivity contribution in [3.05, 3.63) is 46.2 Å². The summed E-state index contributed by atoms with van der Waals surface area (Å²) in [5.41, 5.74) is 6.63. The summed E-state index contributed by atoms with van der Waals surface area (Å²) in [5.74, 6) is 1.32. The predicted octanol–water partition coefficient (Wildman–Crippen LogP) is 2.30. The first-order valence-electron chi connectivity index (χ1n) is 6.60. The van der Waals surface area contributed by atoms with Gasteiger partial charge in [-0.1, -0.05) is 12.1 Å². The van der Waals surface area contributed by atoms with Crippen molar-refractivity contribution < 1.29 is 14.6 Å². The normalized spacial score (nSPS) is 16.7. The van der Waals surface area contributed by atoms with Crippen LogP contribution >= 0.6 is 11.3 Å². The number of hydrogen-bond acceptors (Lipinski definition) is 5. The maximum atomic E-state index is 10.6. The first-order valence-corrected chi connectivity index (χ1v) is 7.48. The topological polar surface area (TPSA) is 64.7 Å². The molecule has 2 unspecified atom stereocenters. The Hall–Kier alpha value is -1.56. The van der Waals surface area contributed by atoms with Gasteiger partial charge in [-0.05, 0) is 29.1 Å². The molecule has 0 saturated heterocycles. The predicted molar refractivity (Wildman–Crippen MR) is 78.5 cm³/mol. The Morgan fingerprint density at radius 1 is 1.20 bits per heavy atom. The van der Waals surface area contributed by atoms with Crippen molar-refractivity contribution in [1.29, 1.82) is 0 Å². The quantitative estimate of drug-likeness (QED) is 0.907. The van der Waals surface area contributed by atoms with Gasteiger partial charge in [-0.3, -0.25) is 0 Å². The standard InChI is InChI=1S/C15H17NO3S/c16-9-11(14-2-1-7-20-14)15(17)10-3-4-12-13(8-10)19-6-5-18-12/h1-4,7-8,11,15,17H,5-6,9,16H2. The lowest BCUT2D eigenvalue weighted by molar-refractivity contribution is 0.145. The summed E-state index contributed by atoms with van der Waals surface area (Å²) in [6.07, 6.45) is -0.644. The second-order valence-electron chi connectivity index (χ2n) is 4.71. The van der Waals surface area contributed by atoms with Gasteiger partial charge in [-0.15, -0.1) is 11.3 Å². The molecule has 4 nitrogen and oxygen atoms in total. The van der Waals surface area contributed by atoms with Crippen LogP contribution in [0.1, 0.15) is 22.5 Å². The third-order valence-corrected chi connectivity index (χ3v) is 4.46. The van der Waals surface area contributed by atoms with E-state index in [9.17, 15) is 5.11 Å². The van der Waals surface area contributed by atoms with Crippen LogP contribution in [0.4, 0.5) is 0 Å². The van der Waals surface area contributed by atoms with Gasteiger partial charge in [-0.2, -0.15) is 0 Å². The molecule has 2 aromatic rings. The molecule has 3 rings (SSSR count). The van der Waals surface area contributed by atoms with Crippen LogP contribution in [-0.2, 0) is 0 Å². The maximum Gasteiger partial charge on any atom is 0.161 e. The number of rotatable bonds is 4. The van der Waals surface area contributed by atoms with E-state index in [0.717, 1.165) is 16.2 Å². The maximum absolute atomic E-state index is 10.6. The number of aliphatic hydroxyl groups is 1. The molecule has 0 bridgehead atoms. The lowest BCUT2D eigenvalue weighted by atomic mass is 9.94. The first-order chi connectivity index (χ1) is 9.79. The van der Waals surface area contributed by atoms with Crippen molar-refractivity contribution in [3.8, 4) is 11.5 Å². The average Bonchev–Trinajstić information content (AvgIpc) is 3.01. The van der Waals surface area contributed by atoms with Crippen LogP contribution in [0, 0.1) is 0 Å². The molecule has 0 spiro atoms. The van der Waals surface area contributed by atoms with Crippen molar-refractivity contribution in [3.63, 3.8) is 0 Å². The Kier molecular flexibility index (Phi) is 3.91. The van der Waals surface area contributed by atoms with Crippen LogP contribution in [0.2, 0.25) is 0 Å². The molecule has 20 heavy (non-hydrogen) atoms. The molecule has 0 radical (unpaired) electrons. The number of benzene rings is 1. The van der Waals surface area contributed by atoms with Gasteiger partial charge in [0, 0.05) is 17.3 Å². The molecule has 5 heteroatoms. The summed E-state index contributed by atoms with van der Waals surface area (Å²) < 4.78 is 11.0. The number of ether oxygens (including phenoxy) is 2. The Morgan fingerprint density at radius 2 is 2.00 bits per heavy atom. The van der Waals surface area contributed by atoms with Crippen molar-refractivity contribution in [2.45, 2.75) is 12.0 Å². The van der Waals surface area contributed by atoms with Gasteiger partial charge in [0.1, 0.15) is 13.2 Å². The molecule has 0 fully saturated rings. The van der Waals surface area contributed by atoms with E-state index in [1.165, 1.54) is 0 Å². The molecule has 1 aromatic heterocycles. The summed E-state index contributed by atoms with van der Waals surface area (Å²) in [6, 6.07) is 9.53. The van der Waals surface area contributed by atoms with Gasteiger partial charge in [0.15, 0.2) is 11.5 Å². The van der Waals surface area contributed by atoms with Gasteiger partial charge >= 0.3 is 0 Å². The SMILES string of the molecule is NCC(c1cccs1)C(O)c1ccc2c(c1)OCCO2. The third kappa shape index (κ3) is 2.52. The van der Waals surface area contributed by atoms with Crippen LogP contribution in [-0.4, -0.2) is 24.9 Å². The molecule has 1 aliphatic heterocycles. The van der Waals surface area contributed by atoms with Crippen molar-refractivity contribution in [1.82, 2.24) is 0 Å². The molecule has 106 valence electrons. The summed E-state index contributed by atoms with van der Waals surface area (Å²) in [7, 11) is 0. The summed E-state index contributed by atoms with van der Waals surface area (Å²) in [5, 5.41) is 12.6. The van der Waals surface area contributed by atoms with Gasteiger partial charge in [-0.25, -0.2) is 0 Å². The molecule has 2 atom stereocenters. The molecule has 1 aromatic carbocycles. The molecular formula is C15H17NO3S. The fourth-order valence-corrected chi connectivity index (χ4v) is 3.25. The van der Waals surface area contributed by atoms with E-state index >= 15 is 0 Å². The second-order valence-corrected chi connectivity index (χ2v) is 5.68. The Morgan fingerprint density at radius 3 is 2.70 bits per heavy atom. The van der Waals surface area contributed by atoms with Gasteiger partial charge in [0.2, 0.25) is 0 Å². The van der Waals surface area contributed by atoms with Crippen molar-refractivity contribution in [2.75, 3.05) is 19.8 Å². The van der Waals surface area contributed by atoms with Gasteiger partial charge in [0.25, 0.3) is 0 Å². The molecular weight excluding hydrogens is 274 g/mol. The molecule has 0 amide bonds. The molecule has 3 N–H and O–H groups in total. The van der Waals surface area contributed by atoms with Gasteiger partial charge < -0.3 is 20.3 Å². The minimum atomic E-state index is -0.644. The molecule has 1 aliphatic rings. The molecule has 2 heterocycles. The van der Waals surface area contributed by atoms with E-state index in [4.69, 9.17) is 15.2 Å². The van der Waals surface area contributed by atoms with Crippen LogP contribution in [0.5, 0.6) is 11.5 Å². The van der Waals surface area contributed by atoms with Gasteiger partial charge in [0.05, 0.1) is 6.10 Å². The highest BCUT2D eigenvalue weighted by Gasteiger charge is 2.24. The van der Waals surface area contributed by atoms with E-state index in [0.29, 0.717) is 25.5 Å². The summed E-state index contributed by atoms with van der Waals surface area (Å²) in [6.45, 7) is 1.50. The van der Waals surface area contributed by atoms with E-state index in [1.54, 1.807) is 11.3 Å². The van der Waals surface area contributed by atoms with Crippen molar-refractivity contribution in [2.24, 2.45) is 5.73 Å². The minimum absolute atomic E-state index is 0.0995. The Balaban J connectivity index is 1.87. The summed E-state index contributed by atoms with van der Waals surface area (Å²) >= 11 is 1.61. The second kappa shape index (κ2) is 5.83. The number of aliphatic hydroxyl groups excluding tert-OH is 1. The van der Waals surface area contributed by atoms with E-state index in [1.807, 2.05) is 35.7 Å². The van der Waals surface area contributed by atoms with Crippen LogP contribution in [0.3, 0.4) is 0 Å². The highest BCUT2D eigenvalue weighted by Crippen LogP contribution is 2.37. The zero-order valence-electron chi connectivity index (χ0n) is 11.0. The fourth-order valence-electron chi connectivity index (χ4n) is 2.38. The van der Waals surface area contributed by atoms with Crippen LogP contribution in [0.25, 0.3) is 0 Å². The molecule has 0 saturated carbocycles. The highest BCUT2D eigenvalue weighted by molar-refractivity contribution is 7.10. The van der Waals surface area contributed by atoms with E-state index < -0.39 is 6.10 Å². The van der Waals surface area contributed by atoms with Crippen LogP contribution < -0.4 is 15.2 Å².